The molecule has 0 bridgehead atoms. The van der Waals surface area contributed by atoms with Crippen LogP contribution in [-0.2, 0) is 22.6 Å². The molecule has 0 aliphatic heterocycles. The molecular weight excluding hydrogens is 306 g/mol. The van der Waals surface area contributed by atoms with Crippen LogP contribution in [0.1, 0.15) is 37.6 Å². The summed E-state index contributed by atoms with van der Waals surface area (Å²) in [6, 6.07) is 10.2. The first-order chi connectivity index (χ1) is 11.4. The van der Waals surface area contributed by atoms with E-state index in [1.807, 2.05) is 18.2 Å². The molecule has 3 rings (SSSR count). The van der Waals surface area contributed by atoms with Crippen molar-refractivity contribution in [2.75, 3.05) is 0 Å². The van der Waals surface area contributed by atoms with Gasteiger partial charge in [0.05, 0.1) is 12.7 Å². The standard InChI is InChI=1S/C18H23N3O3/c1-12-20-21-17(24-12)10-16(22)19-14-9-15(18(14,2)3)23-11-13-7-5-4-6-8-13/h4-8,14-15H,9-11H2,1-3H3,(H,19,22)/t14-,15+/m1/s1. The molecular formula is C18H23N3O3. The Morgan fingerprint density at radius 1 is 1.33 bits per heavy atom. The van der Waals surface area contributed by atoms with Gasteiger partial charge in [0.2, 0.25) is 17.7 Å². The molecule has 1 aliphatic rings. The molecule has 0 saturated heterocycles. The third-order valence-electron chi connectivity index (χ3n) is 4.69. The van der Waals surface area contributed by atoms with Gasteiger partial charge in [-0.15, -0.1) is 10.2 Å². The van der Waals surface area contributed by atoms with Crippen molar-refractivity contribution >= 4 is 5.91 Å². The summed E-state index contributed by atoms with van der Waals surface area (Å²) in [6.45, 7) is 6.54. The topological polar surface area (TPSA) is 77.2 Å². The third kappa shape index (κ3) is 3.64. The molecule has 1 fully saturated rings. The van der Waals surface area contributed by atoms with E-state index < -0.39 is 0 Å². The number of rotatable bonds is 6. The number of nitrogens with zero attached hydrogens (tertiary/aromatic N) is 2. The highest BCUT2D eigenvalue weighted by molar-refractivity contribution is 5.78. The first-order valence-electron chi connectivity index (χ1n) is 8.19. The molecule has 2 aromatic rings. The van der Waals surface area contributed by atoms with E-state index in [1.54, 1.807) is 6.92 Å². The second-order valence-electron chi connectivity index (χ2n) is 6.85. The quantitative estimate of drug-likeness (QED) is 0.880. The van der Waals surface area contributed by atoms with E-state index in [4.69, 9.17) is 9.15 Å². The number of carbonyl (C=O) groups excluding carboxylic acids is 1. The number of amides is 1. The summed E-state index contributed by atoms with van der Waals surface area (Å²) in [4.78, 5) is 12.1. The largest absolute Gasteiger partial charge is 0.425 e. The number of aromatic nitrogens is 2. The number of hydrogen-bond donors (Lipinski definition) is 1. The van der Waals surface area contributed by atoms with Gasteiger partial charge in [-0.2, -0.15) is 0 Å². The van der Waals surface area contributed by atoms with Gasteiger partial charge in [0.25, 0.3) is 0 Å². The molecule has 0 spiro atoms. The van der Waals surface area contributed by atoms with Crippen molar-refractivity contribution in [1.29, 1.82) is 0 Å². The fourth-order valence-corrected chi connectivity index (χ4v) is 2.98. The summed E-state index contributed by atoms with van der Waals surface area (Å²) in [6.07, 6.45) is 1.06. The molecule has 1 heterocycles. The number of carbonyl (C=O) groups is 1. The molecule has 0 radical (unpaired) electrons. The Kier molecular flexibility index (Phi) is 4.66. The van der Waals surface area contributed by atoms with Gasteiger partial charge in [-0.05, 0) is 12.0 Å². The zero-order chi connectivity index (χ0) is 17.2. The van der Waals surface area contributed by atoms with Crippen molar-refractivity contribution in [2.24, 2.45) is 5.41 Å². The zero-order valence-electron chi connectivity index (χ0n) is 14.3. The molecule has 1 aromatic heterocycles. The lowest BCUT2D eigenvalue weighted by Crippen LogP contribution is -2.62. The molecule has 1 aromatic carbocycles. The summed E-state index contributed by atoms with van der Waals surface area (Å²) in [7, 11) is 0. The predicted octanol–water partition coefficient (Wildman–Crippen LogP) is 2.42. The van der Waals surface area contributed by atoms with E-state index in [1.165, 1.54) is 0 Å². The lowest BCUT2D eigenvalue weighted by atomic mass is 9.64. The Balaban J connectivity index is 1.47. The molecule has 6 heteroatoms. The third-order valence-corrected chi connectivity index (χ3v) is 4.69. The molecule has 1 amide bonds. The minimum atomic E-state index is -0.102. The molecule has 1 N–H and O–H groups in total. The highest BCUT2D eigenvalue weighted by atomic mass is 16.5. The summed E-state index contributed by atoms with van der Waals surface area (Å²) in [5, 5.41) is 10.6. The first kappa shape index (κ1) is 16.6. The van der Waals surface area contributed by atoms with Crippen LogP contribution >= 0.6 is 0 Å². The van der Waals surface area contributed by atoms with E-state index in [0.717, 1.165) is 12.0 Å². The molecule has 128 valence electrons. The van der Waals surface area contributed by atoms with Gasteiger partial charge in [0.1, 0.15) is 6.42 Å². The fourth-order valence-electron chi connectivity index (χ4n) is 2.98. The summed E-state index contributed by atoms with van der Waals surface area (Å²) in [5.41, 5.74) is 1.06. The number of nitrogens with one attached hydrogen (secondary N) is 1. The van der Waals surface area contributed by atoms with Crippen LogP contribution in [0.25, 0.3) is 0 Å². The maximum absolute atomic E-state index is 12.1. The van der Waals surface area contributed by atoms with E-state index in [2.05, 4.69) is 41.5 Å². The van der Waals surface area contributed by atoms with Gasteiger partial charge in [-0.1, -0.05) is 44.2 Å². The van der Waals surface area contributed by atoms with Crippen LogP contribution < -0.4 is 5.32 Å². The van der Waals surface area contributed by atoms with Crippen LogP contribution in [0.3, 0.4) is 0 Å². The SMILES string of the molecule is Cc1nnc(CC(=O)N[C@@H]2C[C@H](OCc3ccccc3)C2(C)C)o1. The first-order valence-corrected chi connectivity index (χ1v) is 8.19. The summed E-state index contributed by atoms with van der Waals surface area (Å²) in [5.74, 6) is 0.716. The van der Waals surface area contributed by atoms with Gasteiger partial charge in [0.15, 0.2) is 0 Å². The van der Waals surface area contributed by atoms with Gasteiger partial charge in [0, 0.05) is 18.4 Å². The Labute approximate surface area is 141 Å². The van der Waals surface area contributed by atoms with Crippen LogP contribution in [0.4, 0.5) is 0 Å². The van der Waals surface area contributed by atoms with Crippen molar-refractivity contribution in [3.8, 4) is 0 Å². The molecule has 1 saturated carbocycles. The maximum atomic E-state index is 12.1. The second kappa shape index (κ2) is 6.73. The average molecular weight is 329 g/mol. The van der Waals surface area contributed by atoms with Crippen molar-refractivity contribution < 1.29 is 13.9 Å². The van der Waals surface area contributed by atoms with E-state index >= 15 is 0 Å². The molecule has 6 nitrogen and oxygen atoms in total. The second-order valence-corrected chi connectivity index (χ2v) is 6.85. The molecule has 24 heavy (non-hydrogen) atoms. The van der Waals surface area contributed by atoms with Crippen molar-refractivity contribution in [2.45, 2.75) is 52.4 Å². The van der Waals surface area contributed by atoms with Crippen molar-refractivity contribution in [3.05, 3.63) is 47.7 Å². The summed E-state index contributed by atoms with van der Waals surface area (Å²) >= 11 is 0. The highest BCUT2D eigenvalue weighted by Crippen LogP contribution is 2.43. The van der Waals surface area contributed by atoms with Crippen LogP contribution in [0.5, 0.6) is 0 Å². The Hall–Kier alpha value is -2.21. The predicted molar refractivity (Wildman–Crippen MR) is 88.1 cm³/mol. The number of hydrogen-bond acceptors (Lipinski definition) is 5. The number of ether oxygens (including phenoxy) is 1. The molecule has 2 atom stereocenters. The van der Waals surface area contributed by atoms with Crippen molar-refractivity contribution in [1.82, 2.24) is 15.5 Å². The van der Waals surface area contributed by atoms with Gasteiger partial charge in [-0.3, -0.25) is 4.79 Å². The number of benzene rings is 1. The van der Waals surface area contributed by atoms with E-state index in [9.17, 15) is 4.79 Å². The Morgan fingerprint density at radius 2 is 2.08 bits per heavy atom. The smallest absolute Gasteiger partial charge is 0.229 e. The van der Waals surface area contributed by atoms with Gasteiger partial charge >= 0.3 is 0 Å². The molecule has 0 unspecified atom stereocenters. The van der Waals surface area contributed by atoms with E-state index in [-0.39, 0.29) is 29.9 Å². The lowest BCUT2D eigenvalue weighted by molar-refractivity contribution is -0.140. The van der Waals surface area contributed by atoms with Crippen LogP contribution in [0.15, 0.2) is 34.7 Å². The fraction of sp³-hybridized carbons (Fsp3) is 0.500. The average Bonchev–Trinajstić information content (AvgIpc) is 2.96. The molecule has 1 aliphatic carbocycles. The number of aryl methyl sites for hydroxylation is 1. The Bertz CT molecular complexity index is 697. The maximum Gasteiger partial charge on any atom is 0.229 e. The summed E-state index contributed by atoms with van der Waals surface area (Å²) < 4.78 is 11.3. The van der Waals surface area contributed by atoms with Crippen molar-refractivity contribution in [3.63, 3.8) is 0 Å². The zero-order valence-corrected chi connectivity index (χ0v) is 14.3. The Morgan fingerprint density at radius 3 is 2.71 bits per heavy atom. The van der Waals surface area contributed by atoms with Crippen LogP contribution in [-0.4, -0.2) is 28.3 Å². The lowest BCUT2D eigenvalue weighted by Gasteiger charge is -2.51. The highest BCUT2D eigenvalue weighted by Gasteiger charge is 2.49. The monoisotopic (exact) mass is 329 g/mol. The normalized spacial score (nSPS) is 22.0. The minimum absolute atomic E-state index is 0.0924. The van der Waals surface area contributed by atoms with Gasteiger partial charge in [-0.25, -0.2) is 0 Å². The van der Waals surface area contributed by atoms with E-state index in [0.29, 0.717) is 18.4 Å². The van der Waals surface area contributed by atoms with Crippen LogP contribution in [0.2, 0.25) is 0 Å². The van der Waals surface area contributed by atoms with Crippen LogP contribution in [0, 0.1) is 12.3 Å². The minimum Gasteiger partial charge on any atom is -0.425 e. The van der Waals surface area contributed by atoms with Gasteiger partial charge < -0.3 is 14.5 Å².